The minimum absolute atomic E-state index is 0.110. The Labute approximate surface area is 100 Å². The maximum Gasteiger partial charge on any atom is 0.245 e. The van der Waals surface area contributed by atoms with E-state index in [1.165, 1.54) is 0 Å². The van der Waals surface area contributed by atoms with E-state index in [2.05, 4.69) is 0 Å². The maximum atomic E-state index is 12.3. The largest absolute Gasteiger partial charge is 0.379 e. The second-order valence-electron chi connectivity index (χ2n) is 4.95. The Hall–Kier alpha value is -1.14. The van der Waals surface area contributed by atoms with Crippen LogP contribution in [0.15, 0.2) is 0 Å². The van der Waals surface area contributed by atoms with E-state index in [0.717, 1.165) is 12.8 Å². The van der Waals surface area contributed by atoms with Gasteiger partial charge in [0.2, 0.25) is 11.8 Å². The fraction of sp³-hybridized carbons (Fsp3) is 0.818. The van der Waals surface area contributed by atoms with E-state index in [-0.39, 0.29) is 24.3 Å². The topological polar surface area (TPSA) is 98.7 Å². The zero-order valence-corrected chi connectivity index (χ0v) is 9.85. The lowest BCUT2D eigenvalue weighted by molar-refractivity contribution is -0.140. The van der Waals surface area contributed by atoms with E-state index >= 15 is 0 Å². The average Bonchev–Trinajstić information content (AvgIpc) is 2.76. The summed E-state index contributed by atoms with van der Waals surface area (Å²) >= 11 is 0. The van der Waals surface area contributed by atoms with Gasteiger partial charge in [0.25, 0.3) is 0 Å². The average molecular weight is 241 g/mol. The number of nitrogens with two attached hydrogens (primary N) is 2. The lowest BCUT2D eigenvalue weighted by atomic mass is 9.93. The van der Waals surface area contributed by atoms with Crippen LogP contribution in [-0.2, 0) is 14.3 Å². The Bertz CT molecular complexity index is 326. The van der Waals surface area contributed by atoms with Crippen molar-refractivity contribution in [3.63, 3.8) is 0 Å². The summed E-state index contributed by atoms with van der Waals surface area (Å²) in [7, 11) is 0. The highest BCUT2D eigenvalue weighted by molar-refractivity contribution is 5.87. The normalized spacial score (nSPS) is 33.7. The Kier molecular flexibility index (Phi) is 3.35. The summed E-state index contributed by atoms with van der Waals surface area (Å²) in [5.41, 5.74) is 10.4. The molecule has 0 saturated carbocycles. The van der Waals surface area contributed by atoms with Crippen molar-refractivity contribution in [3.8, 4) is 0 Å². The van der Waals surface area contributed by atoms with E-state index in [4.69, 9.17) is 16.2 Å². The summed E-state index contributed by atoms with van der Waals surface area (Å²) in [6, 6.07) is 0. The highest BCUT2D eigenvalue weighted by Gasteiger charge is 2.42. The van der Waals surface area contributed by atoms with Crippen LogP contribution in [0.25, 0.3) is 0 Å². The third-order valence-electron chi connectivity index (χ3n) is 3.59. The zero-order chi connectivity index (χ0) is 12.5. The van der Waals surface area contributed by atoms with Crippen molar-refractivity contribution in [1.82, 2.24) is 4.90 Å². The molecule has 0 radical (unpaired) electrons. The predicted molar refractivity (Wildman–Crippen MR) is 60.9 cm³/mol. The molecule has 2 aliphatic heterocycles. The Morgan fingerprint density at radius 3 is 2.76 bits per heavy atom. The molecule has 4 N–H and O–H groups in total. The van der Waals surface area contributed by atoms with Gasteiger partial charge in [-0.3, -0.25) is 9.59 Å². The van der Waals surface area contributed by atoms with Gasteiger partial charge in [-0.2, -0.15) is 0 Å². The summed E-state index contributed by atoms with van der Waals surface area (Å²) in [5, 5.41) is 0. The van der Waals surface area contributed by atoms with Gasteiger partial charge in [-0.05, 0) is 19.3 Å². The highest BCUT2D eigenvalue weighted by atomic mass is 16.5. The third-order valence-corrected chi connectivity index (χ3v) is 3.59. The molecular weight excluding hydrogens is 222 g/mol. The van der Waals surface area contributed by atoms with Crippen LogP contribution in [0.3, 0.4) is 0 Å². The Morgan fingerprint density at radius 2 is 2.18 bits per heavy atom. The van der Waals surface area contributed by atoms with E-state index in [0.29, 0.717) is 26.1 Å². The second kappa shape index (κ2) is 4.62. The van der Waals surface area contributed by atoms with Crippen LogP contribution in [0.5, 0.6) is 0 Å². The number of carbonyl (C=O) groups excluding carboxylic acids is 2. The van der Waals surface area contributed by atoms with Crippen molar-refractivity contribution < 1.29 is 14.3 Å². The fourth-order valence-electron chi connectivity index (χ4n) is 2.46. The second-order valence-corrected chi connectivity index (χ2v) is 4.95. The third kappa shape index (κ3) is 2.42. The van der Waals surface area contributed by atoms with Gasteiger partial charge in [0, 0.05) is 19.7 Å². The molecule has 2 rings (SSSR count). The molecule has 2 unspecified atom stereocenters. The van der Waals surface area contributed by atoms with Crippen LogP contribution >= 0.6 is 0 Å². The molecule has 2 heterocycles. The molecule has 6 nitrogen and oxygen atoms in total. The first-order valence-corrected chi connectivity index (χ1v) is 5.98. The first kappa shape index (κ1) is 12.3. The molecule has 96 valence electrons. The Morgan fingerprint density at radius 1 is 1.41 bits per heavy atom. The monoisotopic (exact) mass is 241 g/mol. The number of hydrogen-bond donors (Lipinski definition) is 2. The van der Waals surface area contributed by atoms with E-state index in [1.54, 1.807) is 4.90 Å². The summed E-state index contributed by atoms with van der Waals surface area (Å²) in [4.78, 5) is 25.1. The molecule has 2 saturated heterocycles. The predicted octanol–water partition coefficient (Wildman–Crippen LogP) is -1.17. The van der Waals surface area contributed by atoms with Crippen LogP contribution in [0, 0.1) is 5.92 Å². The molecule has 0 aliphatic carbocycles. The number of likely N-dealkylation sites (tertiary alicyclic amines) is 1. The first-order chi connectivity index (χ1) is 8.03. The molecular formula is C11H19N3O3. The maximum absolute atomic E-state index is 12.3. The smallest absolute Gasteiger partial charge is 0.245 e. The number of carbonyl (C=O) groups is 2. The summed E-state index contributed by atoms with van der Waals surface area (Å²) in [6.45, 7) is 1.84. The molecule has 6 heteroatoms. The van der Waals surface area contributed by atoms with Gasteiger partial charge < -0.3 is 21.1 Å². The molecule has 0 aromatic rings. The van der Waals surface area contributed by atoms with Crippen LogP contribution in [0.4, 0.5) is 0 Å². The molecule has 0 aromatic carbocycles. The number of piperidine rings is 1. The molecule has 2 aliphatic rings. The van der Waals surface area contributed by atoms with E-state index in [1.807, 2.05) is 0 Å². The summed E-state index contributed by atoms with van der Waals surface area (Å²) in [5.74, 6) is -0.684. The number of ether oxygens (including phenoxy) is 1. The lowest BCUT2D eigenvalue weighted by Gasteiger charge is -2.35. The number of amides is 2. The minimum Gasteiger partial charge on any atom is -0.379 e. The van der Waals surface area contributed by atoms with Gasteiger partial charge in [-0.25, -0.2) is 0 Å². The number of rotatable bonds is 2. The lowest BCUT2D eigenvalue weighted by Crippen LogP contribution is -2.58. The van der Waals surface area contributed by atoms with Crippen LogP contribution in [-0.4, -0.2) is 48.6 Å². The van der Waals surface area contributed by atoms with Crippen molar-refractivity contribution in [2.75, 3.05) is 26.3 Å². The molecule has 2 atom stereocenters. The van der Waals surface area contributed by atoms with Crippen molar-refractivity contribution in [1.29, 1.82) is 0 Å². The molecule has 2 amide bonds. The Balaban J connectivity index is 2.01. The van der Waals surface area contributed by atoms with Gasteiger partial charge in [0.15, 0.2) is 0 Å². The van der Waals surface area contributed by atoms with Crippen LogP contribution in [0.2, 0.25) is 0 Å². The van der Waals surface area contributed by atoms with Crippen molar-refractivity contribution in [3.05, 3.63) is 0 Å². The van der Waals surface area contributed by atoms with Gasteiger partial charge in [-0.15, -0.1) is 0 Å². The van der Waals surface area contributed by atoms with Crippen LogP contribution < -0.4 is 11.5 Å². The minimum atomic E-state index is -0.903. The standard InChI is InChI=1S/C11H19N3O3/c12-9(15)8-2-1-4-14(6-8)10(16)11(13)3-5-17-7-11/h8H,1-7,13H2,(H2,12,15). The van der Waals surface area contributed by atoms with E-state index in [9.17, 15) is 9.59 Å². The fourth-order valence-corrected chi connectivity index (χ4v) is 2.46. The molecule has 0 aromatic heterocycles. The number of nitrogens with zero attached hydrogens (tertiary/aromatic N) is 1. The van der Waals surface area contributed by atoms with Crippen LogP contribution in [0.1, 0.15) is 19.3 Å². The van der Waals surface area contributed by atoms with Gasteiger partial charge >= 0.3 is 0 Å². The molecule has 2 fully saturated rings. The molecule has 0 spiro atoms. The molecule has 0 bridgehead atoms. The van der Waals surface area contributed by atoms with Gasteiger partial charge in [0.1, 0.15) is 5.54 Å². The van der Waals surface area contributed by atoms with Crippen molar-refractivity contribution in [2.24, 2.45) is 17.4 Å². The summed E-state index contributed by atoms with van der Waals surface area (Å²) < 4.78 is 5.18. The van der Waals surface area contributed by atoms with Crippen molar-refractivity contribution in [2.45, 2.75) is 24.8 Å². The summed E-state index contributed by atoms with van der Waals surface area (Å²) in [6.07, 6.45) is 2.10. The quantitative estimate of drug-likeness (QED) is 0.636. The van der Waals surface area contributed by atoms with Gasteiger partial charge in [0.05, 0.1) is 12.5 Å². The highest BCUT2D eigenvalue weighted by Crippen LogP contribution is 2.23. The van der Waals surface area contributed by atoms with Crippen molar-refractivity contribution >= 4 is 11.8 Å². The molecule has 17 heavy (non-hydrogen) atoms. The van der Waals surface area contributed by atoms with E-state index < -0.39 is 5.54 Å². The zero-order valence-electron chi connectivity index (χ0n) is 9.85. The number of hydrogen-bond acceptors (Lipinski definition) is 4. The van der Waals surface area contributed by atoms with Gasteiger partial charge in [-0.1, -0.05) is 0 Å². The number of primary amides is 1. The first-order valence-electron chi connectivity index (χ1n) is 5.98. The SMILES string of the molecule is NC(=O)C1CCCN(C(=O)C2(N)CCOC2)C1.